The van der Waals surface area contributed by atoms with E-state index in [1.807, 2.05) is 38.2 Å². The molecule has 5 rings (SSSR count). The number of nitrogens with zero attached hydrogens (tertiary/aromatic N) is 5. The first-order valence-corrected chi connectivity index (χ1v) is 11.8. The second kappa shape index (κ2) is 9.98. The Morgan fingerprint density at radius 2 is 2.11 bits per heavy atom. The summed E-state index contributed by atoms with van der Waals surface area (Å²) < 4.78 is 26.9. The monoisotopic (exact) mass is 520 g/mol. The number of hydrogen-bond acceptors (Lipinski definition) is 7. The summed E-state index contributed by atoms with van der Waals surface area (Å²) in [7, 11) is 1.82. The molecule has 3 aromatic heterocycles. The third-order valence-electron chi connectivity index (χ3n) is 5.93. The quantitative estimate of drug-likeness (QED) is 0.314. The van der Waals surface area contributed by atoms with Crippen molar-refractivity contribution in [2.45, 2.75) is 26.5 Å². The van der Waals surface area contributed by atoms with Crippen molar-refractivity contribution in [1.29, 1.82) is 0 Å². The van der Waals surface area contributed by atoms with Gasteiger partial charge in [-0.05, 0) is 43.7 Å². The maximum Gasteiger partial charge on any atom is 0.273 e. The summed E-state index contributed by atoms with van der Waals surface area (Å²) >= 11 is 6.44. The lowest BCUT2D eigenvalue weighted by molar-refractivity contribution is 0.0930. The molecule has 0 unspecified atom stereocenters. The van der Waals surface area contributed by atoms with E-state index in [0.717, 1.165) is 16.6 Å². The van der Waals surface area contributed by atoms with Gasteiger partial charge >= 0.3 is 0 Å². The molecule has 0 fully saturated rings. The van der Waals surface area contributed by atoms with E-state index < -0.39 is 17.8 Å². The van der Waals surface area contributed by atoms with Crippen LogP contribution in [0.3, 0.4) is 0 Å². The number of para-hydroxylation sites is 1. The van der Waals surface area contributed by atoms with Gasteiger partial charge in [-0.25, -0.2) is 19.0 Å². The number of hydrogen-bond donors (Lipinski definition) is 1. The number of rotatable bonds is 7. The number of carbonyl (C=O) groups excluding carboxylic acids is 1. The topological polar surface area (TPSA) is 108 Å². The van der Waals surface area contributed by atoms with Crippen LogP contribution in [0.4, 0.5) is 4.39 Å². The van der Waals surface area contributed by atoms with Gasteiger partial charge in [-0.2, -0.15) is 5.10 Å². The molecule has 0 saturated heterocycles. The van der Waals surface area contributed by atoms with E-state index in [0.29, 0.717) is 28.2 Å². The highest BCUT2D eigenvalue weighted by molar-refractivity contribution is 6.31. The molecule has 1 atom stereocenters. The summed E-state index contributed by atoms with van der Waals surface area (Å²) in [6, 6.07) is 11.0. The third kappa shape index (κ3) is 4.88. The van der Waals surface area contributed by atoms with Gasteiger partial charge in [-0.15, -0.1) is 0 Å². The molecule has 0 bridgehead atoms. The molecule has 0 aliphatic rings. The van der Waals surface area contributed by atoms with E-state index in [9.17, 15) is 9.18 Å². The molecule has 188 valence electrons. The van der Waals surface area contributed by atoms with Crippen LogP contribution in [0.5, 0.6) is 5.75 Å². The summed E-state index contributed by atoms with van der Waals surface area (Å²) in [6.07, 6.45) is 2.80. The van der Waals surface area contributed by atoms with Crippen molar-refractivity contribution < 1.29 is 18.4 Å². The normalized spacial score (nSPS) is 12.0. The number of halogens is 2. The maximum atomic E-state index is 14.3. The van der Waals surface area contributed by atoms with Crippen LogP contribution in [0.15, 0.2) is 59.6 Å². The minimum Gasteiger partial charge on any atom is -0.487 e. The Bertz CT molecular complexity index is 1600. The van der Waals surface area contributed by atoms with Crippen molar-refractivity contribution in [1.82, 2.24) is 30.2 Å². The number of fused-ring (bicyclic) bond motifs is 1. The maximum absolute atomic E-state index is 14.3. The average molecular weight is 521 g/mol. The first kappa shape index (κ1) is 24.4. The third-order valence-corrected chi connectivity index (χ3v) is 6.27. The van der Waals surface area contributed by atoms with Gasteiger partial charge in [0.15, 0.2) is 11.5 Å². The van der Waals surface area contributed by atoms with Crippen LogP contribution in [0, 0.1) is 12.7 Å². The zero-order valence-corrected chi connectivity index (χ0v) is 21.0. The van der Waals surface area contributed by atoms with E-state index in [-0.39, 0.29) is 17.3 Å². The molecule has 5 aromatic rings. The van der Waals surface area contributed by atoms with Gasteiger partial charge in [-0.3, -0.25) is 4.79 Å². The second-order valence-corrected chi connectivity index (χ2v) is 8.90. The summed E-state index contributed by atoms with van der Waals surface area (Å²) in [5, 5.41) is 11.6. The fourth-order valence-corrected chi connectivity index (χ4v) is 4.45. The smallest absolute Gasteiger partial charge is 0.273 e. The minimum absolute atomic E-state index is 0.0205. The van der Waals surface area contributed by atoms with Crippen molar-refractivity contribution in [3.8, 4) is 17.1 Å². The Kier molecular flexibility index (Phi) is 6.58. The number of amides is 1. The van der Waals surface area contributed by atoms with Gasteiger partial charge in [0, 0.05) is 35.3 Å². The molecule has 1 N–H and O–H groups in total. The standard InChI is InChI=1S/C26H22ClFN6O3/c1-14-9-19(25-29-13-30-34(25)3)17-5-4-6-23(24(17)31-14)36-12-20-18(10-16(28)11-21(20)27)15(2)32-26(35)22-7-8-37-33-22/h4-11,13,15H,12H2,1-3H3,(H,32,35)/t15-/m0/s1. The predicted octanol–water partition coefficient (Wildman–Crippen LogP) is 5.19. The average Bonchev–Trinajstić information content (AvgIpc) is 3.55. The zero-order valence-electron chi connectivity index (χ0n) is 20.2. The molecule has 0 radical (unpaired) electrons. The first-order chi connectivity index (χ1) is 17.8. The Morgan fingerprint density at radius 1 is 1.27 bits per heavy atom. The Balaban J connectivity index is 1.48. The van der Waals surface area contributed by atoms with E-state index >= 15 is 0 Å². The number of pyridine rings is 1. The highest BCUT2D eigenvalue weighted by Gasteiger charge is 2.21. The lowest BCUT2D eigenvalue weighted by Crippen LogP contribution is -2.28. The van der Waals surface area contributed by atoms with Gasteiger partial charge < -0.3 is 14.6 Å². The lowest BCUT2D eigenvalue weighted by atomic mass is 10.0. The van der Waals surface area contributed by atoms with Gasteiger partial charge in [0.2, 0.25) is 0 Å². The van der Waals surface area contributed by atoms with Crippen molar-refractivity contribution in [3.05, 3.63) is 88.4 Å². The van der Waals surface area contributed by atoms with Gasteiger partial charge in [-0.1, -0.05) is 28.9 Å². The molecule has 0 spiro atoms. The fraction of sp³-hybridized carbons (Fsp3) is 0.192. The van der Waals surface area contributed by atoms with E-state index in [4.69, 9.17) is 25.8 Å². The predicted molar refractivity (Wildman–Crippen MR) is 135 cm³/mol. The molecule has 3 heterocycles. The molecule has 9 nitrogen and oxygen atoms in total. The van der Waals surface area contributed by atoms with Crippen LogP contribution in [-0.4, -0.2) is 30.8 Å². The van der Waals surface area contributed by atoms with Crippen molar-refractivity contribution in [3.63, 3.8) is 0 Å². The van der Waals surface area contributed by atoms with E-state index in [1.54, 1.807) is 11.6 Å². The largest absolute Gasteiger partial charge is 0.487 e. The molecular formula is C26H22ClFN6O3. The summed E-state index contributed by atoms with van der Waals surface area (Å²) in [6.45, 7) is 3.64. The zero-order chi connectivity index (χ0) is 26.1. The SMILES string of the molecule is Cc1cc(-c2ncnn2C)c2cccc(OCc3c(Cl)cc(F)cc3[C@H](C)NC(=O)c3ccon3)c2n1. The lowest BCUT2D eigenvalue weighted by Gasteiger charge is -2.20. The highest BCUT2D eigenvalue weighted by Crippen LogP contribution is 2.34. The van der Waals surface area contributed by atoms with Crippen molar-refractivity contribution in [2.24, 2.45) is 7.05 Å². The Morgan fingerprint density at radius 3 is 2.84 bits per heavy atom. The molecule has 0 aliphatic carbocycles. The van der Waals surface area contributed by atoms with Crippen LogP contribution in [-0.2, 0) is 13.7 Å². The molecule has 11 heteroatoms. The first-order valence-electron chi connectivity index (χ1n) is 11.4. The van der Waals surface area contributed by atoms with Crippen LogP contribution < -0.4 is 10.1 Å². The van der Waals surface area contributed by atoms with Crippen LogP contribution in [0.25, 0.3) is 22.3 Å². The number of ether oxygens (including phenoxy) is 1. The number of benzene rings is 2. The van der Waals surface area contributed by atoms with Crippen LogP contribution in [0.1, 0.15) is 40.3 Å². The minimum atomic E-state index is -0.591. The van der Waals surface area contributed by atoms with E-state index in [1.165, 1.54) is 30.8 Å². The molecular weight excluding hydrogens is 499 g/mol. The van der Waals surface area contributed by atoms with Crippen LogP contribution >= 0.6 is 11.6 Å². The Labute approximate surface area is 216 Å². The molecule has 2 aromatic carbocycles. The van der Waals surface area contributed by atoms with Gasteiger partial charge in [0.1, 0.15) is 36.3 Å². The molecule has 0 aliphatic heterocycles. The van der Waals surface area contributed by atoms with Crippen molar-refractivity contribution in [2.75, 3.05) is 0 Å². The summed E-state index contributed by atoms with van der Waals surface area (Å²) in [5.74, 6) is 0.240. The second-order valence-electron chi connectivity index (χ2n) is 8.49. The molecule has 0 saturated carbocycles. The molecule has 37 heavy (non-hydrogen) atoms. The van der Waals surface area contributed by atoms with Gasteiger partial charge in [0.25, 0.3) is 5.91 Å². The summed E-state index contributed by atoms with van der Waals surface area (Å²) in [4.78, 5) is 21.6. The molecule has 1 amide bonds. The fourth-order valence-electron chi connectivity index (χ4n) is 4.18. The number of nitrogens with one attached hydrogen (secondary N) is 1. The highest BCUT2D eigenvalue weighted by atomic mass is 35.5. The van der Waals surface area contributed by atoms with E-state index in [2.05, 4.69) is 20.6 Å². The van der Waals surface area contributed by atoms with Crippen molar-refractivity contribution >= 4 is 28.4 Å². The number of aromatic nitrogens is 5. The van der Waals surface area contributed by atoms with Crippen LogP contribution in [0.2, 0.25) is 5.02 Å². The summed E-state index contributed by atoms with van der Waals surface area (Å²) in [5.41, 5.74) is 3.43. The van der Waals surface area contributed by atoms with Gasteiger partial charge in [0.05, 0.1) is 11.1 Å². The number of carbonyl (C=O) groups is 1. The number of aryl methyl sites for hydroxylation is 2. The Hall–Kier alpha value is -4.31.